The number of aromatic amines is 1. The first-order chi connectivity index (χ1) is 11.9. The summed E-state index contributed by atoms with van der Waals surface area (Å²) in [5, 5.41) is 0. The molecular formula is C15H16N4O5S. The molecule has 0 spiro atoms. The molecule has 0 amide bonds. The van der Waals surface area contributed by atoms with E-state index in [0.29, 0.717) is 34.9 Å². The summed E-state index contributed by atoms with van der Waals surface area (Å²) >= 11 is 0. The van der Waals surface area contributed by atoms with Gasteiger partial charge in [-0.05, 0) is 19.1 Å². The third-order valence-electron chi connectivity index (χ3n) is 3.15. The molecule has 3 aromatic rings. The molecule has 10 heteroatoms. The maximum absolute atomic E-state index is 11.3. The van der Waals surface area contributed by atoms with Crippen molar-refractivity contribution >= 4 is 21.3 Å². The lowest BCUT2D eigenvalue weighted by atomic mass is 10.2. The van der Waals surface area contributed by atoms with E-state index in [2.05, 4.69) is 19.9 Å². The molecule has 0 aliphatic carbocycles. The minimum absolute atomic E-state index is 0.160. The van der Waals surface area contributed by atoms with E-state index in [-0.39, 0.29) is 11.8 Å². The number of fused-ring (bicyclic) bond motifs is 1. The molecule has 0 unspecified atom stereocenters. The van der Waals surface area contributed by atoms with Gasteiger partial charge in [-0.1, -0.05) is 0 Å². The quantitative estimate of drug-likeness (QED) is 0.658. The topological polar surface area (TPSA) is 116 Å². The molecule has 0 fully saturated rings. The van der Waals surface area contributed by atoms with Crippen molar-refractivity contribution in [1.82, 2.24) is 19.9 Å². The second-order valence-electron chi connectivity index (χ2n) is 5.05. The number of benzene rings is 1. The first-order valence-electron chi connectivity index (χ1n) is 7.33. The number of H-pyrrole nitrogens is 1. The highest BCUT2D eigenvalue weighted by Gasteiger charge is 2.15. The van der Waals surface area contributed by atoms with Gasteiger partial charge in [0.05, 0.1) is 31.7 Å². The average Bonchev–Trinajstić information content (AvgIpc) is 2.96. The Morgan fingerprint density at radius 2 is 2.04 bits per heavy atom. The summed E-state index contributed by atoms with van der Waals surface area (Å²) in [6, 6.07) is 4.91. The number of nitrogens with zero attached hydrogens (tertiary/aromatic N) is 3. The van der Waals surface area contributed by atoms with Gasteiger partial charge in [0.2, 0.25) is 0 Å². The normalized spacial score (nSPS) is 11.5. The van der Waals surface area contributed by atoms with E-state index in [4.69, 9.17) is 13.7 Å². The lowest BCUT2D eigenvalue weighted by Crippen LogP contribution is -2.06. The molecule has 132 valence electrons. The van der Waals surface area contributed by atoms with Crippen molar-refractivity contribution in [2.24, 2.45) is 0 Å². The predicted molar refractivity (Wildman–Crippen MR) is 90.3 cm³/mol. The number of hydrogen-bond acceptors (Lipinski definition) is 8. The van der Waals surface area contributed by atoms with Crippen LogP contribution in [-0.4, -0.2) is 48.3 Å². The molecule has 0 bridgehead atoms. The number of ether oxygens (including phenoxy) is 2. The van der Waals surface area contributed by atoms with Crippen LogP contribution in [0.2, 0.25) is 0 Å². The summed E-state index contributed by atoms with van der Waals surface area (Å²) in [6.07, 6.45) is 2.52. The van der Waals surface area contributed by atoms with Crippen LogP contribution < -0.4 is 13.7 Å². The lowest BCUT2D eigenvalue weighted by molar-refractivity contribution is 0.340. The highest BCUT2D eigenvalue weighted by atomic mass is 32.2. The molecule has 1 aromatic carbocycles. The van der Waals surface area contributed by atoms with Gasteiger partial charge in [0, 0.05) is 6.07 Å². The van der Waals surface area contributed by atoms with E-state index >= 15 is 0 Å². The molecule has 0 saturated heterocycles. The molecule has 9 nitrogen and oxygen atoms in total. The Hall–Kier alpha value is -2.88. The zero-order valence-electron chi connectivity index (χ0n) is 13.8. The molecule has 1 N–H and O–H groups in total. The van der Waals surface area contributed by atoms with Crippen LogP contribution in [0.3, 0.4) is 0 Å². The van der Waals surface area contributed by atoms with Crippen LogP contribution in [0.25, 0.3) is 22.6 Å². The summed E-state index contributed by atoms with van der Waals surface area (Å²) in [7, 11) is -2.15. The van der Waals surface area contributed by atoms with Crippen molar-refractivity contribution in [1.29, 1.82) is 0 Å². The van der Waals surface area contributed by atoms with Crippen LogP contribution in [0.15, 0.2) is 24.4 Å². The van der Waals surface area contributed by atoms with Crippen LogP contribution >= 0.6 is 0 Å². The number of rotatable bonds is 6. The maximum atomic E-state index is 11.3. The molecule has 25 heavy (non-hydrogen) atoms. The summed E-state index contributed by atoms with van der Waals surface area (Å²) in [6.45, 7) is 2.21. The van der Waals surface area contributed by atoms with Crippen molar-refractivity contribution in [2.75, 3.05) is 20.0 Å². The molecule has 3 rings (SSSR count). The zero-order valence-corrected chi connectivity index (χ0v) is 14.6. The predicted octanol–water partition coefficient (Wildman–Crippen LogP) is 1.77. The molecule has 0 atom stereocenters. The first kappa shape index (κ1) is 17.0. The summed E-state index contributed by atoms with van der Waals surface area (Å²) in [5.41, 5.74) is 1.72. The second-order valence-corrected chi connectivity index (χ2v) is 6.63. The zero-order chi connectivity index (χ0) is 18.0. The van der Waals surface area contributed by atoms with E-state index in [1.165, 1.54) is 19.2 Å². The van der Waals surface area contributed by atoms with Crippen LogP contribution in [0.4, 0.5) is 0 Å². The number of hydrogen-bond donors (Lipinski definition) is 1. The molecule has 2 heterocycles. The van der Waals surface area contributed by atoms with Crippen LogP contribution in [-0.2, 0) is 10.1 Å². The van der Waals surface area contributed by atoms with Crippen molar-refractivity contribution in [2.45, 2.75) is 6.92 Å². The van der Waals surface area contributed by atoms with Crippen molar-refractivity contribution < 1.29 is 22.1 Å². The second kappa shape index (κ2) is 6.55. The lowest BCUT2D eigenvalue weighted by Gasteiger charge is -2.10. The maximum Gasteiger partial charge on any atom is 0.318 e. The van der Waals surface area contributed by atoms with Crippen molar-refractivity contribution in [3.05, 3.63) is 24.4 Å². The van der Waals surface area contributed by atoms with E-state index in [0.717, 1.165) is 6.26 Å². The standard InChI is InChI=1S/C15H16N4O5S/c1-4-23-12-7-9(24-25(3,20)21)5-6-10(12)13-17-11-8-16-15(22-2)19-14(11)18-13/h5-8H,4H2,1-3H3,(H,16,17,18,19). The number of methoxy groups -OCH3 is 1. The fourth-order valence-electron chi connectivity index (χ4n) is 2.22. The number of aromatic nitrogens is 4. The minimum atomic E-state index is -3.63. The van der Waals surface area contributed by atoms with E-state index < -0.39 is 10.1 Å². The smallest absolute Gasteiger partial charge is 0.318 e. The molecular weight excluding hydrogens is 348 g/mol. The van der Waals surface area contributed by atoms with Crippen LogP contribution in [0.1, 0.15) is 6.92 Å². The number of imidazole rings is 1. The van der Waals surface area contributed by atoms with E-state index in [9.17, 15) is 8.42 Å². The summed E-state index contributed by atoms with van der Waals surface area (Å²) < 4.78 is 38.1. The van der Waals surface area contributed by atoms with Gasteiger partial charge in [-0.3, -0.25) is 0 Å². The largest absolute Gasteiger partial charge is 0.493 e. The SMILES string of the molecule is CCOc1cc(OS(C)(=O)=O)ccc1-c1nc2cnc(OC)nc2[nH]1. The van der Waals surface area contributed by atoms with Gasteiger partial charge >= 0.3 is 16.1 Å². The Balaban J connectivity index is 2.06. The van der Waals surface area contributed by atoms with Crippen LogP contribution in [0, 0.1) is 0 Å². The third-order valence-corrected chi connectivity index (χ3v) is 3.65. The average molecular weight is 364 g/mol. The van der Waals surface area contributed by atoms with Crippen molar-refractivity contribution in [3.63, 3.8) is 0 Å². The van der Waals surface area contributed by atoms with Gasteiger partial charge in [0.15, 0.2) is 5.65 Å². The highest BCUT2D eigenvalue weighted by molar-refractivity contribution is 7.86. The number of nitrogens with one attached hydrogen (secondary N) is 1. The van der Waals surface area contributed by atoms with Crippen molar-refractivity contribution in [3.8, 4) is 28.9 Å². The fraction of sp³-hybridized carbons (Fsp3) is 0.267. The summed E-state index contributed by atoms with van der Waals surface area (Å²) in [5.74, 6) is 1.10. The first-order valence-corrected chi connectivity index (χ1v) is 9.14. The Bertz CT molecular complexity index is 1020. The molecule has 0 aliphatic heterocycles. The van der Waals surface area contributed by atoms with Gasteiger partial charge in [0.25, 0.3) is 0 Å². The molecule has 0 saturated carbocycles. The van der Waals surface area contributed by atoms with Gasteiger partial charge in [-0.2, -0.15) is 13.4 Å². The third kappa shape index (κ3) is 3.79. The monoisotopic (exact) mass is 364 g/mol. The van der Waals surface area contributed by atoms with Gasteiger partial charge in [-0.15, -0.1) is 0 Å². The Kier molecular flexibility index (Phi) is 4.45. The fourth-order valence-corrected chi connectivity index (χ4v) is 2.67. The molecule has 0 radical (unpaired) electrons. The Morgan fingerprint density at radius 3 is 2.72 bits per heavy atom. The van der Waals surface area contributed by atoms with Gasteiger partial charge in [0.1, 0.15) is 22.8 Å². The molecule has 0 aliphatic rings. The van der Waals surface area contributed by atoms with Gasteiger partial charge in [-0.25, -0.2) is 9.97 Å². The highest BCUT2D eigenvalue weighted by Crippen LogP contribution is 2.33. The van der Waals surface area contributed by atoms with E-state index in [1.807, 2.05) is 6.92 Å². The van der Waals surface area contributed by atoms with E-state index in [1.54, 1.807) is 12.3 Å². The Labute approximate surface area is 144 Å². The van der Waals surface area contributed by atoms with Crippen LogP contribution in [0.5, 0.6) is 17.5 Å². The Morgan fingerprint density at radius 1 is 1.24 bits per heavy atom. The summed E-state index contributed by atoms with van der Waals surface area (Å²) in [4.78, 5) is 15.7. The van der Waals surface area contributed by atoms with Gasteiger partial charge < -0.3 is 18.6 Å². The minimum Gasteiger partial charge on any atom is -0.493 e. The molecule has 2 aromatic heterocycles.